The van der Waals surface area contributed by atoms with Crippen LogP contribution in [0, 0.1) is 12.3 Å². The minimum absolute atomic E-state index is 0.124. The number of ether oxygens (including phenoxy) is 1. The Kier molecular flexibility index (Phi) is 5.11. The summed E-state index contributed by atoms with van der Waals surface area (Å²) in [6.07, 6.45) is 1.36. The van der Waals surface area contributed by atoms with E-state index >= 15 is 0 Å². The highest BCUT2D eigenvalue weighted by molar-refractivity contribution is 6.00. The van der Waals surface area contributed by atoms with Crippen molar-refractivity contribution in [2.75, 3.05) is 0 Å². The first-order valence-electron chi connectivity index (χ1n) is 8.31. The molecule has 1 aromatic heterocycles. The maximum absolute atomic E-state index is 12.2. The van der Waals surface area contributed by atoms with Crippen LogP contribution in [-0.2, 0) is 23.2 Å². The topological polar surface area (TPSA) is 61.2 Å². The lowest BCUT2D eigenvalue weighted by Crippen LogP contribution is -2.23. The first kappa shape index (κ1) is 18.2. The summed E-state index contributed by atoms with van der Waals surface area (Å²) >= 11 is 0. The molecule has 5 nitrogen and oxygen atoms in total. The number of hydrogen-bond acceptors (Lipinski definition) is 4. The number of hydrogen-bond donors (Lipinski definition) is 0. The normalized spacial score (nSPS) is 11.8. The van der Waals surface area contributed by atoms with Gasteiger partial charge in [-0.25, -0.2) is 4.98 Å². The van der Waals surface area contributed by atoms with E-state index in [4.69, 9.17) is 4.74 Å². The maximum atomic E-state index is 12.2. The number of aryl methyl sites for hydroxylation is 2. The fraction of sp³-hybridized carbons (Fsp3) is 0.526. The fourth-order valence-corrected chi connectivity index (χ4v) is 2.53. The molecule has 0 saturated carbocycles. The Morgan fingerprint density at radius 3 is 2.50 bits per heavy atom. The van der Waals surface area contributed by atoms with Gasteiger partial charge in [-0.15, -0.1) is 0 Å². The molecule has 0 aliphatic carbocycles. The number of ketones is 1. The standard InChI is InChI=1S/C19H26N2O3/c1-7-8-16(22)13-10-14-15(9-12(13)2)21(6)17(20-14)11-24-18(23)19(3,4)5/h9-10H,7-8,11H2,1-6H3. The smallest absolute Gasteiger partial charge is 0.311 e. The number of rotatable bonds is 5. The van der Waals surface area contributed by atoms with Crippen molar-refractivity contribution in [1.82, 2.24) is 9.55 Å². The lowest BCUT2D eigenvalue weighted by Gasteiger charge is -2.16. The van der Waals surface area contributed by atoms with Crippen LogP contribution in [0.4, 0.5) is 0 Å². The molecule has 0 N–H and O–H groups in total. The van der Waals surface area contributed by atoms with Crippen LogP contribution in [0.1, 0.15) is 62.3 Å². The van der Waals surface area contributed by atoms with Crippen molar-refractivity contribution in [3.05, 3.63) is 29.1 Å². The Labute approximate surface area is 143 Å². The van der Waals surface area contributed by atoms with Crippen LogP contribution >= 0.6 is 0 Å². The van der Waals surface area contributed by atoms with Gasteiger partial charge in [-0.1, -0.05) is 6.92 Å². The van der Waals surface area contributed by atoms with Crippen molar-refractivity contribution >= 4 is 22.8 Å². The van der Waals surface area contributed by atoms with Crippen molar-refractivity contribution in [2.24, 2.45) is 12.5 Å². The predicted octanol–water partition coefficient (Wildman–Crippen LogP) is 3.95. The van der Waals surface area contributed by atoms with Crippen molar-refractivity contribution in [2.45, 2.75) is 54.1 Å². The number of imidazole rings is 1. The first-order chi connectivity index (χ1) is 11.1. The fourth-order valence-electron chi connectivity index (χ4n) is 2.53. The molecule has 0 atom stereocenters. The highest BCUT2D eigenvalue weighted by Gasteiger charge is 2.24. The third-order valence-corrected chi connectivity index (χ3v) is 4.04. The van der Waals surface area contributed by atoms with E-state index < -0.39 is 5.41 Å². The predicted molar refractivity (Wildman–Crippen MR) is 93.9 cm³/mol. The monoisotopic (exact) mass is 330 g/mol. The summed E-state index contributed by atoms with van der Waals surface area (Å²) in [6, 6.07) is 3.82. The van der Waals surface area contributed by atoms with Crippen molar-refractivity contribution in [3.8, 4) is 0 Å². The Hall–Kier alpha value is -2.17. The van der Waals surface area contributed by atoms with E-state index in [9.17, 15) is 9.59 Å². The summed E-state index contributed by atoms with van der Waals surface area (Å²) in [7, 11) is 1.89. The number of carbonyl (C=O) groups excluding carboxylic acids is 2. The van der Waals surface area contributed by atoms with Crippen LogP contribution in [-0.4, -0.2) is 21.3 Å². The summed E-state index contributed by atoms with van der Waals surface area (Å²) < 4.78 is 7.27. The van der Waals surface area contributed by atoms with Gasteiger partial charge in [0.05, 0.1) is 16.4 Å². The van der Waals surface area contributed by atoms with Crippen molar-refractivity contribution < 1.29 is 14.3 Å². The average Bonchev–Trinajstić information content (AvgIpc) is 2.79. The number of esters is 1. The molecule has 0 unspecified atom stereocenters. The van der Waals surface area contributed by atoms with Gasteiger partial charge in [-0.3, -0.25) is 9.59 Å². The van der Waals surface area contributed by atoms with E-state index in [0.29, 0.717) is 12.2 Å². The molecule has 0 saturated heterocycles. The zero-order valence-electron chi connectivity index (χ0n) is 15.4. The Bertz CT molecular complexity index is 782. The number of carbonyl (C=O) groups is 2. The second kappa shape index (κ2) is 6.75. The highest BCUT2D eigenvalue weighted by atomic mass is 16.5. The Balaban J connectivity index is 2.33. The van der Waals surface area contributed by atoms with Gasteiger partial charge in [0.15, 0.2) is 5.78 Å². The van der Waals surface area contributed by atoms with Crippen LogP contribution in [0.15, 0.2) is 12.1 Å². The second-order valence-corrected chi connectivity index (χ2v) is 7.24. The number of benzene rings is 1. The van der Waals surface area contributed by atoms with Gasteiger partial charge >= 0.3 is 5.97 Å². The molecule has 1 heterocycles. The molecule has 130 valence electrons. The third kappa shape index (κ3) is 3.66. The Morgan fingerprint density at radius 1 is 1.25 bits per heavy atom. The minimum Gasteiger partial charge on any atom is -0.457 e. The van der Waals surface area contributed by atoms with Crippen LogP contribution in [0.5, 0.6) is 0 Å². The Morgan fingerprint density at radius 2 is 1.92 bits per heavy atom. The molecular weight excluding hydrogens is 304 g/mol. The summed E-state index contributed by atoms with van der Waals surface area (Å²) in [4.78, 5) is 28.7. The van der Waals surface area contributed by atoms with Crippen LogP contribution in [0.25, 0.3) is 11.0 Å². The van der Waals surface area contributed by atoms with E-state index in [1.165, 1.54) is 0 Å². The molecule has 0 spiro atoms. The second-order valence-electron chi connectivity index (χ2n) is 7.24. The summed E-state index contributed by atoms with van der Waals surface area (Å²) in [6.45, 7) is 9.51. The van der Waals surface area contributed by atoms with Crippen LogP contribution < -0.4 is 0 Å². The van der Waals surface area contributed by atoms with Gasteiger partial charge in [-0.2, -0.15) is 0 Å². The lowest BCUT2D eigenvalue weighted by atomic mass is 9.97. The summed E-state index contributed by atoms with van der Waals surface area (Å²) in [5.41, 5.74) is 2.82. The molecular formula is C19H26N2O3. The van der Waals surface area contributed by atoms with Gasteiger partial charge in [-0.05, 0) is 51.8 Å². The molecule has 0 amide bonds. The van der Waals surface area contributed by atoms with Gasteiger partial charge in [0.1, 0.15) is 12.4 Å². The van der Waals surface area contributed by atoms with E-state index in [2.05, 4.69) is 4.98 Å². The zero-order chi connectivity index (χ0) is 18.1. The maximum Gasteiger partial charge on any atom is 0.311 e. The molecule has 2 aromatic rings. The van der Waals surface area contributed by atoms with Crippen molar-refractivity contribution in [3.63, 3.8) is 0 Å². The zero-order valence-corrected chi connectivity index (χ0v) is 15.4. The van der Waals surface area contributed by atoms with E-state index in [0.717, 1.165) is 28.6 Å². The summed E-state index contributed by atoms with van der Waals surface area (Å²) in [5, 5.41) is 0. The SMILES string of the molecule is CCCC(=O)c1cc2nc(COC(=O)C(C)(C)C)n(C)c2cc1C. The molecule has 0 radical (unpaired) electrons. The minimum atomic E-state index is -0.541. The lowest BCUT2D eigenvalue weighted by molar-refractivity contribution is -0.154. The molecule has 24 heavy (non-hydrogen) atoms. The molecule has 0 bridgehead atoms. The van der Waals surface area contributed by atoms with E-state index in [1.807, 2.05) is 58.4 Å². The van der Waals surface area contributed by atoms with Gasteiger partial charge in [0.25, 0.3) is 0 Å². The molecule has 2 rings (SSSR count). The first-order valence-corrected chi connectivity index (χ1v) is 8.31. The number of Topliss-reactive ketones (excluding diaryl/α,β-unsaturated/α-hetero) is 1. The van der Waals surface area contributed by atoms with E-state index in [1.54, 1.807) is 0 Å². The van der Waals surface area contributed by atoms with Gasteiger partial charge in [0, 0.05) is 19.0 Å². The largest absolute Gasteiger partial charge is 0.457 e. The van der Waals surface area contributed by atoms with Gasteiger partial charge in [0.2, 0.25) is 0 Å². The number of nitrogens with zero attached hydrogens (tertiary/aromatic N) is 2. The number of aromatic nitrogens is 2. The molecule has 1 aromatic carbocycles. The average molecular weight is 330 g/mol. The molecule has 0 fully saturated rings. The molecule has 0 aliphatic rings. The van der Waals surface area contributed by atoms with Crippen molar-refractivity contribution in [1.29, 1.82) is 0 Å². The third-order valence-electron chi connectivity index (χ3n) is 4.04. The van der Waals surface area contributed by atoms with Crippen LogP contribution in [0.3, 0.4) is 0 Å². The van der Waals surface area contributed by atoms with Gasteiger partial charge < -0.3 is 9.30 Å². The van der Waals surface area contributed by atoms with E-state index in [-0.39, 0.29) is 18.4 Å². The molecule has 0 aliphatic heterocycles. The highest BCUT2D eigenvalue weighted by Crippen LogP contribution is 2.23. The number of fused-ring (bicyclic) bond motifs is 1. The summed E-state index contributed by atoms with van der Waals surface area (Å²) in [5.74, 6) is 0.551. The quantitative estimate of drug-likeness (QED) is 0.615. The van der Waals surface area contributed by atoms with Crippen LogP contribution in [0.2, 0.25) is 0 Å². The molecule has 5 heteroatoms.